The fraction of sp³-hybridized carbons (Fsp3) is 0.684. The first-order valence-corrected chi connectivity index (χ1v) is 11.9. The zero-order valence-electron chi connectivity index (χ0n) is 16.7. The molecular formula is C19H31NO5Si. The molecule has 6 nitrogen and oxygen atoms in total. The first kappa shape index (κ1) is 20.7. The fourth-order valence-corrected chi connectivity index (χ4v) is 5.90. The Labute approximate surface area is 157 Å². The average Bonchev–Trinajstić information content (AvgIpc) is 3.12. The number of imide groups is 1. The van der Waals surface area contributed by atoms with Gasteiger partial charge in [0.05, 0.1) is 12.9 Å². The van der Waals surface area contributed by atoms with E-state index in [9.17, 15) is 9.59 Å². The van der Waals surface area contributed by atoms with Crippen molar-refractivity contribution >= 4 is 20.3 Å². The number of amides is 2. The normalized spacial score (nSPS) is 20.8. The van der Waals surface area contributed by atoms with Crippen molar-refractivity contribution in [3.05, 3.63) is 24.2 Å². The molecule has 1 saturated heterocycles. The van der Waals surface area contributed by atoms with Crippen molar-refractivity contribution in [1.29, 1.82) is 0 Å². The number of nitrogens with zero attached hydrogens (tertiary/aromatic N) is 1. The van der Waals surface area contributed by atoms with Crippen LogP contribution in [0.25, 0.3) is 0 Å². The second kappa shape index (κ2) is 7.96. The lowest BCUT2D eigenvalue weighted by atomic mass is 9.96. The van der Waals surface area contributed by atoms with Gasteiger partial charge in [-0.25, -0.2) is 9.69 Å². The predicted molar refractivity (Wildman–Crippen MR) is 101 cm³/mol. The molecule has 0 N–H and O–H groups in total. The van der Waals surface area contributed by atoms with Gasteiger partial charge in [0.15, 0.2) is 14.4 Å². The summed E-state index contributed by atoms with van der Waals surface area (Å²) in [5.74, 6) is 0.214. The van der Waals surface area contributed by atoms with Gasteiger partial charge < -0.3 is 13.6 Å². The minimum Gasteiger partial charge on any atom is -0.467 e. The number of ether oxygens (including phenoxy) is 1. The predicted octanol–water partition coefficient (Wildman–Crippen LogP) is 4.74. The zero-order valence-corrected chi connectivity index (χ0v) is 17.7. The Hall–Kier alpha value is -1.60. The van der Waals surface area contributed by atoms with Crippen LogP contribution in [0.15, 0.2) is 22.8 Å². The van der Waals surface area contributed by atoms with E-state index in [1.54, 1.807) is 12.1 Å². The van der Waals surface area contributed by atoms with E-state index < -0.39 is 26.6 Å². The molecule has 0 spiro atoms. The fourth-order valence-electron chi connectivity index (χ4n) is 3.13. The molecular weight excluding hydrogens is 350 g/mol. The van der Waals surface area contributed by atoms with E-state index in [0.29, 0.717) is 5.76 Å². The highest BCUT2D eigenvalue weighted by Gasteiger charge is 2.56. The SMILES string of the molecule is CC[Si](CC)(CC)OC1C(=O)N(C(=O)OCC(C)(C)C)C1c1ccco1. The number of rotatable bonds is 7. The zero-order chi connectivity index (χ0) is 19.5. The van der Waals surface area contributed by atoms with E-state index in [-0.39, 0.29) is 17.9 Å². The summed E-state index contributed by atoms with van der Waals surface area (Å²) >= 11 is 0. The first-order chi connectivity index (χ1) is 12.2. The minimum absolute atomic E-state index is 0.172. The molecule has 2 unspecified atom stereocenters. The summed E-state index contributed by atoms with van der Waals surface area (Å²) in [6.45, 7) is 12.5. The molecule has 26 heavy (non-hydrogen) atoms. The highest BCUT2D eigenvalue weighted by molar-refractivity contribution is 6.73. The Morgan fingerprint density at radius 2 is 1.85 bits per heavy atom. The Morgan fingerprint density at radius 3 is 2.31 bits per heavy atom. The minimum atomic E-state index is -2.00. The van der Waals surface area contributed by atoms with E-state index in [2.05, 4.69) is 20.8 Å². The van der Waals surface area contributed by atoms with E-state index in [1.165, 1.54) is 6.26 Å². The van der Waals surface area contributed by atoms with Crippen LogP contribution < -0.4 is 0 Å². The number of hydrogen-bond acceptors (Lipinski definition) is 5. The number of hydrogen-bond donors (Lipinski definition) is 0. The maximum Gasteiger partial charge on any atom is 0.417 e. The van der Waals surface area contributed by atoms with Crippen molar-refractivity contribution in [3.63, 3.8) is 0 Å². The number of likely N-dealkylation sites (tertiary alicyclic amines) is 1. The lowest BCUT2D eigenvalue weighted by Crippen LogP contribution is -2.64. The monoisotopic (exact) mass is 381 g/mol. The molecule has 2 amide bonds. The smallest absolute Gasteiger partial charge is 0.417 e. The van der Waals surface area contributed by atoms with Gasteiger partial charge in [-0.3, -0.25) is 4.79 Å². The standard InChI is InChI=1S/C19H31NO5Si/c1-7-26(8-2,9-3)25-16-15(14-11-10-12-23-14)20(17(16)21)18(22)24-13-19(4,5)6/h10-12,15-16H,7-9,13H2,1-6H3. The highest BCUT2D eigenvalue weighted by atomic mass is 28.4. The largest absolute Gasteiger partial charge is 0.467 e. The molecule has 0 aliphatic carbocycles. The molecule has 2 atom stereocenters. The Morgan fingerprint density at radius 1 is 1.23 bits per heavy atom. The van der Waals surface area contributed by atoms with E-state index >= 15 is 0 Å². The van der Waals surface area contributed by atoms with Crippen LogP contribution in [0.3, 0.4) is 0 Å². The van der Waals surface area contributed by atoms with Crippen LogP contribution in [-0.2, 0) is 14.0 Å². The lowest BCUT2D eigenvalue weighted by Gasteiger charge is -2.47. The summed E-state index contributed by atoms with van der Waals surface area (Å²) in [5.41, 5.74) is -0.172. The third-order valence-corrected chi connectivity index (χ3v) is 9.64. The molecule has 7 heteroatoms. The molecule has 0 radical (unpaired) electrons. The number of carbonyl (C=O) groups excluding carboxylic acids is 2. The Bertz CT molecular complexity index is 610. The van der Waals surface area contributed by atoms with Gasteiger partial charge in [0.2, 0.25) is 0 Å². The number of carbonyl (C=O) groups is 2. The highest BCUT2D eigenvalue weighted by Crippen LogP contribution is 2.41. The molecule has 0 bridgehead atoms. The van der Waals surface area contributed by atoms with Gasteiger partial charge in [-0.15, -0.1) is 0 Å². The van der Waals surface area contributed by atoms with Gasteiger partial charge in [0.1, 0.15) is 11.8 Å². The van der Waals surface area contributed by atoms with E-state index in [1.807, 2.05) is 20.8 Å². The second-order valence-corrected chi connectivity index (χ2v) is 12.8. The van der Waals surface area contributed by atoms with Crippen molar-refractivity contribution < 1.29 is 23.2 Å². The molecule has 1 aromatic rings. The first-order valence-electron chi connectivity index (χ1n) is 9.39. The van der Waals surface area contributed by atoms with Crippen LogP contribution in [0, 0.1) is 5.41 Å². The molecule has 0 saturated carbocycles. The molecule has 1 fully saturated rings. The van der Waals surface area contributed by atoms with Gasteiger partial charge in [-0.2, -0.15) is 0 Å². The topological polar surface area (TPSA) is 69.0 Å². The summed E-state index contributed by atoms with van der Waals surface area (Å²) in [5, 5.41) is 0. The van der Waals surface area contributed by atoms with Gasteiger partial charge in [0.25, 0.3) is 5.91 Å². The van der Waals surface area contributed by atoms with E-state index in [0.717, 1.165) is 23.0 Å². The molecule has 2 heterocycles. The molecule has 1 aliphatic heterocycles. The van der Waals surface area contributed by atoms with Crippen LogP contribution in [-0.4, -0.2) is 37.9 Å². The summed E-state index contributed by atoms with van der Waals surface area (Å²) in [6.07, 6.45) is 0.232. The summed E-state index contributed by atoms with van der Waals surface area (Å²) in [4.78, 5) is 26.4. The van der Waals surface area contributed by atoms with Crippen LogP contribution in [0.1, 0.15) is 53.3 Å². The van der Waals surface area contributed by atoms with Crippen molar-refractivity contribution in [3.8, 4) is 0 Å². The maximum absolute atomic E-state index is 12.7. The summed E-state index contributed by atoms with van der Waals surface area (Å²) in [6, 6.07) is 5.76. The van der Waals surface area contributed by atoms with Gasteiger partial charge in [-0.05, 0) is 35.7 Å². The molecule has 146 valence electrons. The van der Waals surface area contributed by atoms with Crippen molar-refractivity contribution in [1.82, 2.24) is 4.90 Å². The molecule has 0 aromatic carbocycles. The molecule has 1 aromatic heterocycles. The number of β-lactam (4-membered cyclic amide) rings is 1. The molecule has 2 rings (SSSR count). The average molecular weight is 382 g/mol. The van der Waals surface area contributed by atoms with Crippen molar-refractivity contribution in [2.75, 3.05) is 6.61 Å². The quantitative estimate of drug-likeness (QED) is 0.504. The summed E-state index contributed by atoms with van der Waals surface area (Å²) < 4.78 is 17.2. The van der Waals surface area contributed by atoms with Crippen LogP contribution in [0.5, 0.6) is 0 Å². The Balaban J connectivity index is 2.21. The van der Waals surface area contributed by atoms with Crippen LogP contribution in [0.2, 0.25) is 18.1 Å². The maximum atomic E-state index is 12.7. The molecule has 1 aliphatic rings. The third kappa shape index (κ3) is 4.20. The second-order valence-electron chi connectivity index (χ2n) is 8.07. The lowest BCUT2D eigenvalue weighted by molar-refractivity contribution is -0.162. The van der Waals surface area contributed by atoms with Crippen LogP contribution in [0.4, 0.5) is 4.79 Å². The van der Waals surface area contributed by atoms with E-state index in [4.69, 9.17) is 13.6 Å². The number of furan rings is 1. The van der Waals surface area contributed by atoms with Crippen LogP contribution >= 0.6 is 0 Å². The van der Waals surface area contributed by atoms with Crippen molar-refractivity contribution in [2.45, 2.75) is 71.8 Å². The van der Waals surface area contributed by atoms with Gasteiger partial charge in [-0.1, -0.05) is 41.5 Å². The van der Waals surface area contributed by atoms with Crippen molar-refractivity contribution in [2.24, 2.45) is 5.41 Å². The summed E-state index contributed by atoms with van der Waals surface area (Å²) in [7, 11) is -2.00. The Kier molecular flexibility index (Phi) is 6.34. The third-order valence-electron chi connectivity index (χ3n) is 5.02. The van der Waals surface area contributed by atoms with Gasteiger partial charge in [0, 0.05) is 0 Å². The van der Waals surface area contributed by atoms with Gasteiger partial charge >= 0.3 is 6.09 Å².